The normalized spacial score (nSPS) is 20.6. The summed E-state index contributed by atoms with van der Waals surface area (Å²) >= 11 is 0. The molecule has 16 heteroatoms. The molecule has 2 fully saturated rings. The summed E-state index contributed by atoms with van der Waals surface area (Å²) in [5.41, 5.74) is -0.401. The first kappa shape index (κ1) is 32.9. The number of hydrogen-bond donors (Lipinski definition) is 2. The molecule has 1 atom stereocenters. The van der Waals surface area contributed by atoms with Crippen LogP contribution in [-0.2, 0) is 28.0 Å². The fourth-order valence-electron chi connectivity index (χ4n) is 4.05. The number of carbonyl (C=O) groups excluding carboxylic acids is 1. The minimum atomic E-state index is -5.08. The molecule has 2 saturated heterocycles. The molecule has 0 aromatic carbocycles. The van der Waals surface area contributed by atoms with Crippen molar-refractivity contribution >= 4 is 17.8 Å². The molecule has 1 spiro atoms. The lowest BCUT2D eigenvalue weighted by Crippen LogP contribution is -2.68. The number of carboxylic acids is 2. The molecule has 1 unspecified atom stereocenters. The molecule has 1 aromatic heterocycles. The second-order valence-corrected chi connectivity index (χ2v) is 8.88. The van der Waals surface area contributed by atoms with Crippen molar-refractivity contribution in [3.8, 4) is 0 Å². The van der Waals surface area contributed by atoms with Gasteiger partial charge in [-0.05, 0) is 20.3 Å². The average molecular weight is 560 g/mol. The molecule has 0 saturated carbocycles. The van der Waals surface area contributed by atoms with Gasteiger partial charge in [0.25, 0.3) is 0 Å². The second-order valence-electron chi connectivity index (χ2n) is 8.88. The number of carbonyl (C=O) groups is 3. The first-order valence-electron chi connectivity index (χ1n) is 11.3. The van der Waals surface area contributed by atoms with Crippen LogP contribution in [0.2, 0.25) is 0 Å². The van der Waals surface area contributed by atoms with Crippen LogP contribution in [0.25, 0.3) is 0 Å². The molecule has 216 valence electrons. The van der Waals surface area contributed by atoms with Gasteiger partial charge in [0.05, 0.1) is 6.54 Å². The van der Waals surface area contributed by atoms with Crippen LogP contribution >= 0.6 is 0 Å². The Labute approximate surface area is 215 Å². The number of halogens is 6. The van der Waals surface area contributed by atoms with Gasteiger partial charge in [-0.25, -0.2) is 14.6 Å². The van der Waals surface area contributed by atoms with E-state index in [1.165, 1.54) is 0 Å². The molecule has 2 aliphatic rings. The standard InChI is InChI=1S/C18H29N5O.2C2HF3O2/c1-5-8-22-11-12-23(15(2)3)17(24)18(22)6-9-21(14-18)13-16-19-7-10-20(16)4;2*3-2(4,5)1(6)7/h5,7,10,15H,1,6,8-9,11-14H2,2-4H3;2*(H,6,7). The molecule has 1 aromatic rings. The Morgan fingerprint density at radius 2 is 1.63 bits per heavy atom. The zero-order valence-electron chi connectivity index (χ0n) is 21.1. The second kappa shape index (κ2) is 13.1. The predicted molar refractivity (Wildman–Crippen MR) is 122 cm³/mol. The number of likely N-dealkylation sites (tertiary alicyclic amines) is 1. The van der Waals surface area contributed by atoms with Crippen molar-refractivity contribution in [1.29, 1.82) is 0 Å². The van der Waals surface area contributed by atoms with Crippen LogP contribution in [0.15, 0.2) is 25.0 Å². The quantitative estimate of drug-likeness (QED) is 0.417. The van der Waals surface area contributed by atoms with E-state index in [0.717, 1.165) is 51.5 Å². The highest BCUT2D eigenvalue weighted by Crippen LogP contribution is 2.34. The van der Waals surface area contributed by atoms with E-state index < -0.39 is 29.8 Å². The van der Waals surface area contributed by atoms with Crippen LogP contribution in [0.3, 0.4) is 0 Å². The largest absolute Gasteiger partial charge is 0.490 e. The number of aliphatic carboxylic acids is 2. The SMILES string of the molecule is C=CCN1CCN(C(C)C)C(=O)C12CCN(Cc1nccn1C)C2.O=C(O)C(F)(F)F.O=C(O)C(F)(F)F. The topological polar surface area (TPSA) is 119 Å². The maximum atomic E-state index is 13.3. The summed E-state index contributed by atoms with van der Waals surface area (Å²) in [5.74, 6) is -4.18. The molecule has 0 radical (unpaired) electrons. The van der Waals surface area contributed by atoms with Gasteiger partial charge in [0.2, 0.25) is 5.91 Å². The summed E-state index contributed by atoms with van der Waals surface area (Å²) in [6.07, 6.45) is -3.57. The Morgan fingerprint density at radius 3 is 2.03 bits per heavy atom. The van der Waals surface area contributed by atoms with E-state index in [0.29, 0.717) is 0 Å². The molecule has 0 bridgehead atoms. The van der Waals surface area contributed by atoms with E-state index in [1.807, 2.05) is 30.4 Å². The number of imidazole rings is 1. The molecule has 0 aliphatic carbocycles. The Hall–Kier alpha value is -3.14. The zero-order chi connectivity index (χ0) is 29.5. The molecule has 3 rings (SSSR count). The Balaban J connectivity index is 0.000000426. The molecule has 2 aliphatic heterocycles. The number of piperazine rings is 1. The Kier molecular flexibility index (Phi) is 11.3. The summed E-state index contributed by atoms with van der Waals surface area (Å²) in [7, 11) is 2.02. The fraction of sp³-hybridized carbons (Fsp3) is 0.636. The molecule has 2 N–H and O–H groups in total. The predicted octanol–water partition coefficient (Wildman–Crippen LogP) is 2.37. The average Bonchev–Trinajstić information content (AvgIpc) is 3.38. The van der Waals surface area contributed by atoms with E-state index >= 15 is 0 Å². The Bertz CT molecular complexity index is 957. The van der Waals surface area contributed by atoms with Crippen LogP contribution in [0.4, 0.5) is 26.3 Å². The van der Waals surface area contributed by atoms with Crippen LogP contribution in [0.1, 0.15) is 26.1 Å². The lowest BCUT2D eigenvalue weighted by Gasteiger charge is -2.48. The lowest BCUT2D eigenvalue weighted by atomic mass is 9.90. The number of aromatic nitrogens is 2. The van der Waals surface area contributed by atoms with Crippen LogP contribution in [-0.4, -0.2) is 109 Å². The number of carboxylic acid groups (broad SMARTS) is 2. The molecule has 38 heavy (non-hydrogen) atoms. The first-order valence-corrected chi connectivity index (χ1v) is 11.3. The van der Waals surface area contributed by atoms with E-state index in [-0.39, 0.29) is 11.9 Å². The maximum absolute atomic E-state index is 13.3. The van der Waals surface area contributed by atoms with E-state index in [4.69, 9.17) is 19.8 Å². The van der Waals surface area contributed by atoms with E-state index in [9.17, 15) is 31.1 Å². The molecular formula is C22H31F6N5O5. The summed E-state index contributed by atoms with van der Waals surface area (Å²) in [4.78, 5) is 42.3. The highest BCUT2D eigenvalue weighted by molar-refractivity contribution is 5.88. The van der Waals surface area contributed by atoms with Gasteiger partial charge >= 0.3 is 24.3 Å². The number of rotatable bonds is 5. The number of hydrogen-bond acceptors (Lipinski definition) is 6. The van der Waals surface area contributed by atoms with Gasteiger partial charge in [0.1, 0.15) is 11.4 Å². The fourth-order valence-corrected chi connectivity index (χ4v) is 4.05. The lowest BCUT2D eigenvalue weighted by molar-refractivity contribution is -0.193. The molecular weight excluding hydrogens is 528 g/mol. The summed E-state index contributed by atoms with van der Waals surface area (Å²) in [6.45, 7) is 13.1. The zero-order valence-corrected chi connectivity index (χ0v) is 21.1. The maximum Gasteiger partial charge on any atom is 0.490 e. The minimum Gasteiger partial charge on any atom is -0.475 e. The number of aryl methyl sites for hydroxylation is 1. The smallest absolute Gasteiger partial charge is 0.475 e. The van der Waals surface area contributed by atoms with Crippen molar-refractivity contribution in [1.82, 2.24) is 24.3 Å². The molecule has 3 heterocycles. The van der Waals surface area contributed by atoms with Gasteiger partial charge in [-0.1, -0.05) is 6.08 Å². The van der Waals surface area contributed by atoms with Crippen molar-refractivity contribution in [2.45, 2.75) is 50.7 Å². The third kappa shape index (κ3) is 8.72. The third-order valence-corrected chi connectivity index (χ3v) is 5.95. The third-order valence-electron chi connectivity index (χ3n) is 5.95. The van der Waals surface area contributed by atoms with Gasteiger partial charge in [-0.3, -0.25) is 14.6 Å². The first-order chi connectivity index (χ1) is 17.4. The van der Waals surface area contributed by atoms with Crippen LogP contribution < -0.4 is 0 Å². The molecule has 10 nitrogen and oxygen atoms in total. The van der Waals surface area contributed by atoms with E-state index in [2.05, 4.69) is 39.8 Å². The van der Waals surface area contributed by atoms with Gasteiger partial charge in [-0.2, -0.15) is 26.3 Å². The van der Waals surface area contributed by atoms with Gasteiger partial charge < -0.3 is 19.7 Å². The summed E-state index contributed by atoms with van der Waals surface area (Å²) in [5, 5.41) is 14.2. The number of nitrogens with zero attached hydrogens (tertiary/aromatic N) is 5. The molecule has 1 amide bonds. The van der Waals surface area contributed by atoms with Crippen molar-refractivity contribution in [3.05, 3.63) is 30.9 Å². The van der Waals surface area contributed by atoms with Crippen molar-refractivity contribution < 1.29 is 50.9 Å². The van der Waals surface area contributed by atoms with Crippen molar-refractivity contribution in [2.24, 2.45) is 7.05 Å². The highest BCUT2D eigenvalue weighted by Gasteiger charge is 2.53. The number of amides is 1. The van der Waals surface area contributed by atoms with Gasteiger partial charge in [0.15, 0.2) is 0 Å². The van der Waals surface area contributed by atoms with Gasteiger partial charge in [-0.15, -0.1) is 6.58 Å². The summed E-state index contributed by atoms with van der Waals surface area (Å²) in [6, 6.07) is 0.254. The van der Waals surface area contributed by atoms with E-state index in [1.54, 1.807) is 0 Å². The summed E-state index contributed by atoms with van der Waals surface area (Å²) < 4.78 is 65.5. The Morgan fingerprint density at radius 1 is 1.11 bits per heavy atom. The van der Waals surface area contributed by atoms with Crippen molar-refractivity contribution in [3.63, 3.8) is 0 Å². The van der Waals surface area contributed by atoms with Gasteiger partial charge in [0, 0.05) is 58.2 Å². The minimum absolute atomic E-state index is 0.254. The highest BCUT2D eigenvalue weighted by atomic mass is 19.4. The van der Waals surface area contributed by atoms with Crippen molar-refractivity contribution in [2.75, 3.05) is 32.7 Å². The monoisotopic (exact) mass is 559 g/mol. The van der Waals surface area contributed by atoms with Crippen LogP contribution in [0, 0.1) is 0 Å². The number of alkyl halides is 6. The van der Waals surface area contributed by atoms with Crippen LogP contribution in [0.5, 0.6) is 0 Å².